The Morgan fingerprint density at radius 2 is 2.12 bits per heavy atom. The minimum Gasteiger partial charge on any atom is -0.368 e. The fraction of sp³-hybridized carbons (Fsp3) is 0.450. The van der Waals surface area contributed by atoms with Crippen molar-refractivity contribution in [3.05, 3.63) is 53.3 Å². The fourth-order valence-electron chi connectivity index (χ4n) is 3.63. The van der Waals surface area contributed by atoms with E-state index in [1.165, 1.54) is 5.56 Å². The summed E-state index contributed by atoms with van der Waals surface area (Å²) in [6, 6.07) is 12.7. The number of hydrogen-bond acceptors (Lipinski definition) is 5. The highest BCUT2D eigenvalue weighted by Crippen LogP contribution is 2.30. The zero-order chi connectivity index (χ0) is 17.9. The molecule has 1 atom stereocenters. The number of hydrogen-bond donors (Lipinski definition) is 1. The topological polar surface area (TPSA) is 78.8 Å². The van der Waals surface area contributed by atoms with Crippen LogP contribution in [-0.2, 0) is 12.0 Å². The number of aromatic nitrogens is 2. The monoisotopic (exact) mass is 335 g/mol. The first kappa shape index (κ1) is 17.4. The largest absolute Gasteiger partial charge is 0.368 e. The SMILES string of the molecule is CC(C)(C#N)c1ccccc1CN1CCCC(c2ccnc(N)n2)C1. The van der Waals surface area contributed by atoms with Crippen LogP contribution in [0.25, 0.3) is 0 Å². The number of nitrogen functional groups attached to an aromatic ring is 1. The Kier molecular flexibility index (Phi) is 5.00. The van der Waals surface area contributed by atoms with Gasteiger partial charge in [0.05, 0.1) is 17.2 Å². The molecule has 1 aliphatic heterocycles. The average Bonchev–Trinajstić information content (AvgIpc) is 2.62. The van der Waals surface area contributed by atoms with Gasteiger partial charge in [-0.2, -0.15) is 5.26 Å². The van der Waals surface area contributed by atoms with Gasteiger partial charge in [-0.25, -0.2) is 9.97 Å². The number of rotatable bonds is 4. The molecule has 0 spiro atoms. The number of anilines is 1. The average molecular weight is 335 g/mol. The normalized spacial score (nSPS) is 18.7. The predicted octanol–water partition coefficient (Wildman–Crippen LogP) is 3.24. The molecule has 3 rings (SSSR count). The number of nitrogens with zero attached hydrogens (tertiary/aromatic N) is 4. The van der Waals surface area contributed by atoms with E-state index < -0.39 is 5.41 Å². The van der Waals surface area contributed by atoms with Crippen LogP contribution in [0.4, 0.5) is 5.95 Å². The molecule has 1 aromatic carbocycles. The Hall–Kier alpha value is -2.45. The minimum atomic E-state index is -0.479. The van der Waals surface area contributed by atoms with E-state index in [0.717, 1.165) is 43.7 Å². The Morgan fingerprint density at radius 1 is 1.32 bits per heavy atom. The molecule has 0 bridgehead atoms. The van der Waals surface area contributed by atoms with Crippen molar-refractivity contribution in [3.63, 3.8) is 0 Å². The van der Waals surface area contributed by atoms with Crippen LogP contribution in [0.5, 0.6) is 0 Å². The molecule has 1 fully saturated rings. The van der Waals surface area contributed by atoms with E-state index in [2.05, 4.69) is 39.1 Å². The zero-order valence-corrected chi connectivity index (χ0v) is 14.9. The first-order valence-electron chi connectivity index (χ1n) is 8.80. The van der Waals surface area contributed by atoms with Crippen molar-refractivity contribution >= 4 is 5.95 Å². The second-order valence-corrected chi connectivity index (χ2v) is 7.31. The highest BCUT2D eigenvalue weighted by atomic mass is 15.1. The van der Waals surface area contributed by atoms with Gasteiger partial charge in [-0.15, -0.1) is 0 Å². The van der Waals surface area contributed by atoms with Crippen molar-refractivity contribution in [1.29, 1.82) is 5.26 Å². The summed E-state index contributed by atoms with van der Waals surface area (Å²) in [7, 11) is 0. The van der Waals surface area contributed by atoms with Crippen molar-refractivity contribution in [2.75, 3.05) is 18.8 Å². The second-order valence-electron chi connectivity index (χ2n) is 7.31. The number of nitriles is 1. The summed E-state index contributed by atoms with van der Waals surface area (Å²) in [5, 5.41) is 9.50. The van der Waals surface area contributed by atoms with Crippen molar-refractivity contribution < 1.29 is 0 Å². The maximum atomic E-state index is 9.50. The van der Waals surface area contributed by atoms with Gasteiger partial charge in [0.15, 0.2) is 0 Å². The number of nitrogens with two attached hydrogens (primary N) is 1. The standard InChI is InChI=1S/C20H25N5/c1-20(2,14-21)17-8-4-3-6-15(17)12-25-11-5-7-16(13-25)18-9-10-23-19(22)24-18/h3-4,6,8-10,16H,5,7,11-13H2,1-2H3,(H2,22,23,24). The van der Waals surface area contributed by atoms with Crippen LogP contribution in [0.3, 0.4) is 0 Å². The molecule has 1 aliphatic rings. The summed E-state index contributed by atoms with van der Waals surface area (Å²) in [6.45, 7) is 6.84. The lowest BCUT2D eigenvalue weighted by molar-refractivity contribution is 0.197. The van der Waals surface area contributed by atoms with Crippen LogP contribution < -0.4 is 5.73 Å². The smallest absolute Gasteiger partial charge is 0.220 e. The molecule has 2 heterocycles. The molecule has 130 valence electrons. The van der Waals surface area contributed by atoms with E-state index in [-0.39, 0.29) is 0 Å². The molecule has 2 aromatic rings. The molecule has 5 nitrogen and oxygen atoms in total. The zero-order valence-electron chi connectivity index (χ0n) is 14.9. The van der Waals surface area contributed by atoms with Crippen LogP contribution in [0, 0.1) is 11.3 Å². The van der Waals surface area contributed by atoms with Gasteiger partial charge in [-0.3, -0.25) is 4.90 Å². The lowest BCUT2D eigenvalue weighted by Crippen LogP contribution is -2.35. The Balaban J connectivity index is 1.77. The molecule has 5 heteroatoms. The molecule has 0 radical (unpaired) electrons. The Bertz CT molecular complexity index is 778. The lowest BCUT2D eigenvalue weighted by atomic mass is 9.83. The van der Waals surface area contributed by atoms with Crippen LogP contribution in [0.15, 0.2) is 36.5 Å². The van der Waals surface area contributed by atoms with Gasteiger partial charge in [-0.05, 0) is 50.4 Å². The highest BCUT2D eigenvalue weighted by Gasteiger charge is 2.26. The van der Waals surface area contributed by atoms with Gasteiger partial charge in [0.25, 0.3) is 0 Å². The quantitative estimate of drug-likeness (QED) is 0.928. The maximum Gasteiger partial charge on any atom is 0.220 e. The van der Waals surface area contributed by atoms with E-state index in [0.29, 0.717) is 11.9 Å². The van der Waals surface area contributed by atoms with Crippen LogP contribution in [0.1, 0.15) is 49.4 Å². The molecule has 0 aliphatic carbocycles. The predicted molar refractivity (Wildman–Crippen MR) is 98.8 cm³/mol. The Labute approximate surface area is 149 Å². The number of piperidine rings is 1. The third-order valence-electron chi connectivity index (χ3n) is 4.98. The molecule has 1 aromatic heterocycles. The van der Waals surface area contributed by atoms with Crippen molar-refractivity contribution in [2.45, 2.75) is 44.6 Å². The first-order chi connectivity index (χ1) is 12.0. The number of likely N-dealkylation sites (tertiary alicyclic amines) is 1. The molecular weight excluding hydrogens is 310 g/mol. The summed E-state index contributed by atoms with van der Waals surface area (Å²) in [5.41, 5.74) is 8.64. The van der Waals surface area contributed by atoms with Gasteiger partial charge in [0.2, 0.25) is 5.95 Å². The molecule has 0 saturated carbocycles. The molecule has 2 N–H and O–H groups in total. The third kappa shape index (κ3) is 3.97. The van der Waals surface area contributed by atoms with Gasteiger partial charge in [-0.1, -0.05) is 24.3 Å². The minimum absolute atomic E-state index is 0.343. The first-order valence-corrected chi connectivity index (χ1v) is 8.80. The van der Waals surface area contributed by atoms with E-state index in [4.69, 9.17) is 5.73 Å². The Morgan fingerprint density at radius 3 is 2.88 bits per heavy atom. The molecule has 25 heavy (non-hydrogen) atoms. The maximum absolute atomic E-state index is 9.50. The molecule has 1 unspecified atom stereocenters. The van der Waals surface area contributed by atoms with E-state index >= 15 is 0 Å². The highest BCUT2D eigenvalue weighted by molar-refractivity contribution is 5.37. The summed E-state index contributed by atoms with van der Waals surface area (Å²) in [6.07, 6.45) is 4.00. The van der Waals surface area contributed by atoms with Crippen LogP contribution in [0.2, 0.25) is 0 Å². The summed E-state index contributed by atoms with van der Waals surface area (Å²) >= 11 is 0. The van der Waals surface area contributed by atoms with Gasteiger partial charge in [0, 0.05) is 25.2 Å². The summed E-state index contributed by atoms with van der Waals surface area (Å²) < 4.78 is 0. The van der Waals surface area contributed by atoms with Gasteiger partial charge < -0.3 is 5.73 Å². The van der Waals surface area contributed by atoms with Gasteiger partial charge in [0.1, 0.15) is 0 Å². The van der Waals surface area contributed by atoms with Gasteiger partial charge >= 0.3 is 0 Å². The molecule has 0 amide bonds. The summed E-state index contributed by atoms with van der Waals surface area (Å²) in [4.78, 5) is 10.9. The van der Waals surface area contributed by atoms with Crippen molar-refractivity contribution in [1.82, 2.24) is 14.9 Å². The van der Waals surface area contributed by atoms with E-state index in [1.807, 2.05) is 26.0 Å². The second kappa shape index (κ2) is 7.20. The van der Waals surface area contributed by atoms with Crippen LogP contribution in [-0.4, -0.2) is 28.0 Å². The third-order valence-corrected chi connectivity index (χ3v) is 4.98. The van der Waals surface area contributed by atoms with Crippen LogP contribution >= 0.6 is 0 Å². The van der Waals surface area contributed by atoms with Crippen molar-refractivity contribution in [3.8, 4) is 6.07 Å². The number of benzene rings is 1. The van der Waals surface area contributed by atoms with E-state index in [1.54, 1.807) is 6.20 Å². The fourth-order valence-corrected chi connectivity index (χ4v) is 3.63. The molecule has 1 saturated heterocycles. The van der Waals surface area contributed by atoms with Crippen molar-refractivity contribution in [2.24, 2.45) is 0 Å². The summed E-state index contributed by atoms with van der Waals surface area (Å²) in [5.74, 6) is 0.728. The lowest BCUT2D eigenvalue weighted by Gasteiger charge is -2.33. The van der Waals surface area contributed by atoms with E-state index in [9.17, 15) is 5.26 Å². The molecular formula is C20H25N5.